The third-order valence-corrected chi connectivity index (χ3v) is 4.32. The highest BCUT2D eigenvalue weighted by atomic mass is 19.1. The normalized spacial score (nSPS) is 13.9. The van der Waals surface area contributed by atoms with Gasteiger partial charge in [0.15, 0.2) is 5.69 Å². The number of halogens is 1. The highest BCUT2D eigenvalue weighted by Gasteiger charge is 2.22. The number of aromatic nitrogens is 2. The van der Waals surface area contributed by atoms with E-state index in [9.17, 15) is 23.9 Å². The van der Waals surface area contributed by atoms with Crippen LogP contribution in [0.2, 0.25) is 0 Å². The van der Waals surface area contributed by atoms with Gasteiger partial charge < -0.3 is 20.5 Å². The van der Waals surface area contributed by atoms with Crippen molar-refractivity contribution in [2.75, 3.05) is 0 Å². The van der Waals surface area contributed by atoms with E-state index >= 15 is 0 Å². The first-order valence-electron chi connectivity index (χ1n) is 8.76. The molecule has 0 atom stereocenters. The maximum Gasteiger partial charge on any atom is 0.415 e. The van der Waals surface area contributed by atoms with Crippen LogP contribution in [0.4, 0.5) is 9.18 Å². The number of carbonyl (C=O) groups excluding carboxylic acids is 2. The lowest BCUT2D eigenvalue weighted by molar-refractivity contribution is 0.0940. The third kappa shape index (κ3) is 4.84. The molecule has 10 heteroatoms. The number of benzene rings is 1. The zero-order valence-electron chi connectivity index (χ0n) is 14.8. The number of H-pyrrole nitrogens is 1. The lowest BCUT2D eigenvalue weighted by Crippen LogP contribution is -2.36. The predicted octanol–water partition coefficient (Wildman–Crippen LogP) is 1.58. The number of amides is 2. The van der Waals surface area contributed by atoms with Crippen LogP contribution in [0.3, 0.4) is 0 Å². The van der Waals surface area contributed by atoms with Gasteiger partial charge in [-0.3, -0.25) is 14.6 Å². The predicted molar refractivity (Wildman–Crippen MR) is 95.5 cm³/mol. The van der Waals surface area contributed by atoms with Gasteiger partial charge in [0, 0.05) is 12.6 Å². The van der Waals surface area contributed by atoms with Crippen molar-refractivity contribution < 1.29 is 23.8 Å². The van der Waals surface area contributed by atoms with Gasteiger partial charge in [-0.2, -0.15) is 4.98 Å². The Labute approximate surface area is 158 Å². The van der Waals surface area contributed by atoms with Gasteiger partial charge in [0.2, 0.25) is 5.75 Å². The number of rotatable bonds is 5. The molecule has 9 nitrogen and oxygen atoms in total. The molecule has 28 heavy (non-hydrogen) atoms. The summed E-state index contributed by atoms with van der Waals surface area (Å²) in [6.07, 6.45) is 2.89. The van der Waals surface area contributed by atoms with Crippen LogP contribution in [0.15, 0.2) is 29.1 Å². The molecule has 4 N–H and O–H groups in total. The topological polar surface area (TPSA) is 133 Å². The van der Waals surface area contributed by atoms with E-state index in [2.05, 4.69) is 20.6 Å². The summed E-state index contributed by atoms with van der Waals surface area (Å²) >= 11 is 0. The van der Waals surface area contributed by atoms with Crippen LogP contribution >= 0.6 is 0 Å². The average molecular weight is 390 g/mol. The van der Waals surface area contributed by atoms with Crippen molar-refractivity contribution >= 4 is 12.0 Å². The van der Waals surface area contributed by atoms with Gasteiger partial charge in [-0.05, 0) is 30.5 Å². The molecule has 1 fully saturated rings. The summed E-state index contributed by atoms with van der Waals surface area (Å²) in [4.78, 5) is 41.8. The lowest BCUT2D eigenvalue weighted by Gasteiger charge is -2.12. The van der Waals surface area contributed by atoms with E-state index in [1.54, 1.807) is 0 Å². The molecule has 148 valence electrons. The summed E-state index contributed by atoms with van der Waals surface area (Å²) in [5, 5.41) is 14.9. The Kier molecular flexibility index (Phi) is 5.87. The fourth-order valence-electron chi connectivity index (χ4n) is 2.88. The van der Waals surface area contributed by atoms with E-state index in [-0.39, 0.29) is 12.6 Å². The minimum Gasteiger partial charge on any atom is -0.501 e. The Balaban J connectivity index is 1.67. The highest BCUT2D eigenvalue weighted by molar-refractivity contribution is 5.94. The molecule has 1 saturated carbocycles. The molecule has 1 aromatic heterocycles. The lowest BCUT2D eigenvalue weighted by atomic mass is 10.2. The molecule has 1 aliphatic rings. The van der Waals surface area contributed by atoms with Crippen LogP contribution in [0.25, 0.3) is 0 Å². The van der Waals surface area contributed by atoms with Gasteiger partial charge in [-0.1, -0.05) is 25.0 Å². The van der Waals surface area contributed by atoms with E-state index < -0.39 is 40.8 Å². The fraction of sp³-hybridized carbons (Fsp3) is 0.333. The molecular weight excluding hydrogens is 371 g/mol. The molecule has 0 bridgehead atoms. The highest BCUT2D eigenvalue weighted by Crippen LogP contribution is 2.18. The Morgan fingerprint density at radius 2 is 1.93 bits per heavy atom. The molecule has 1 aliphatic carbocycles. The third-order valence-electron chi connectivity index (χ3n) is 4.32. The number of hydrogen-bond donors (Lipinski definition) is 4. The van der Waals surface area contributed by atoms with Gasteiger partial charge in [0.05, 0.1) is 0 Å². The minimum absolute atomic E-state index is 0.00480. The first-order valence-corrected chi connectivity index (χ1v) is 8.76. The largest absolute Gasteiger partial charge is 0.501 e. The van der Waals surface area contributed by atoms with Crippen molar-refractivity contribution in [3.05, 3.63) is 51.7 Å². The van der Waals surface area contributed by atoms with Gasteiger partial charge in [0.25, 0.3) is 11.5 Å². The Morgan fingerprint density at radius 1 is 1.25 bits per heavy atom. The van der Waals surface area contributed by atoms with Gasteiger partial charge in [-0.25, -0.2) is 9.18 Å². The molecule has 0 unspecified atom stereocenters. The first-order chi connectivity index (χ1) is 13.4. The number of aromatic hydroxyl groups is 1. The van der Waals surface area contributed by atoms with E-state index in [0.717, 1.165) is 25.7 Å². The molecule has 1 heterocycles. The van der Waals surface area contributed by atoms with Gasteiger partial charge in [-0.15, -0.1) is 0 Å². The molecule has 3 rings (SSSR count). The van der Waals surface area contributed by atoms with Crippen LogP contribution in [0.1, 0.15) is 41.7 Å². The van der Waals surface area contributed by atoms with E-state index in [1.165, 1.54) is 24.3 Å². The van der Waals surface area contributed by atoms with Crippen molar-refractivity contribution in [3.63, 3.8) is 0 Å². The number of carbonyl (C=O) groups is 2. The molecule has 0 spiro atoms. The number of hydrogen-bond acceptors (Lipinski definition) is 6. The second-order valence-electron chi connectivity index (χ2n) is 6.39. The van der Waals surface area contributed by atoms with Gasteiger partial charge >= 0.3 is 12.1 Å². The maximum atomic E-state index is 12.9. The number of ether oxygens (including phenoxy) is 1. The van der Waals surface area contributed by atoms with Crippen LogP contribution in [0.5, 0.6) is 11.8 Å². The van der Waals surface area contributed by atoms with E-state index in [1.807, 2.05) is 0 Å². The molecule has 0 aliphatic heterocycles. The molecule has 2 amide bonds. The monoisotopic (exact) mass is 390 g/mol. The smallest absolute Gasteiger partial charge is 0.415 e. The summed E-state index contributed by atoms with van der Waals surface area (Å²) < 4.78 is 17.8. The van der Waals surface area contributed by atoms with Crippen molar-refractivity contribution in [2.24, 2.45) is 0 Å². The fourth-order valence-corrected chi connectivity index (χ4v) is 2.88. The minimum atomic E-state index is -1.02. The molecule has 1 aromatic carbocycles. The van der Waals surface area contributed by atoms with Crippen molar-refractivity contribution in [1.29, 1.82) is 0 Å². The van der Waals surface area contributed by atoms with Crippen molar-refractivity contribution in [3.8, 4) is 11.8 Å². The molecule has 2 aromatic rings. The first kappa shape index (κ1) is 19.3. The number of nitrogens with one attached hydrogen (secondary N) is 3. The Bertz CT molecular complexity index is 923. The second-order valence-corrected chi connectivity index (χ2v) is 6.39. The van der Waals surface area contributed by atoms with E-state index in [4.69, 9.17) is 4.74 Å². The molecule has 0 radical (unpaired) electrons. The zero-order chi connectivity index (χ0) is 20.1. The van der Waals surface area contributed by atoms with Crippen molar-refractivity contribution in [1.82, 2.24) is 20.6 Å². The SMILES string of the molecule is O=C(NC1CCCC1)Oc1nc(C(=O)NCc2ccc(F)cc2)c(O)c(=O)[nH]1. The van der Waals surface area contributed by atoms with Crippen molar-refractivity contribution in [2.45, 2.75) is 38.3 Å². The van der Waals surface area contributed by atoms with E-state index in [0.29, 0.717) is 5.56 Å². The summed E-state index contributed by atoms with van der Waals surface area (Å²) in [7, 11) is 0. The second kappa shape index (κ2) is 8.51. The van der Waals surface area contributed by atoms with Gasteiger partial charge in [0.1, 0.15) is 5.82 Å². The van der Waals surface area contributed by atoms with Crippen LogP contribution in [-0.4, -0.2) is 33.1 Å². The average Bonchev–Trinajstić information content (AvgIpc) is 3.16. The standard InChI is InChI=1S/C18H19FN4O5/c19-11-7-5-10(6-8-11)9-20-15(25)13-14(24)16(26)23-17(22-13)28-18(27)21-12-3-1-2-4-12/h5-8,12,24H,1-4,9H2,(H,20,25)(H,21,27)(H,22,23,26). The van der Waals surface area contributed by atoms with Crippen LogP contribution < -0.4 is 20.9 Å². The maximum absolute atomic E-state index is 12.9. The Morgan fingerprint density at radius 3 is 2.61 bits per heavy atom. The number of nitrogens with zero attached hydrogens (tertiary/aromatic N) is 1. The molecule has 0 saturated heterocycles. The number of aromatic amines is 1. The van der Waals surface area contributed by atoms with Crippen LogP contribution in [-0.2, 0) is 6.54 Å². The summed E-state index contributed by atoms with van der Waals surface area (Å²) in [5.41, 5.74) is -1.01. The van der Waals surface area contributed by atoms with Crippen LogP contribution in [0, 0.1) is 5.82 Å². The zero-order valence-corrected chi connectivity index (χ0v) is 14.8. The summed E-state index contributed by atoms with van der Waals surface area (Å²) in [6.45, 7) is 0.0192. The quantitative estimate of drug-likeness (QED) is 0.612. The summed E-state index contributed by atoms with van der Waals surface area (Å²) in [6, 6.07) is 4.91. The molecular formula is C18H19FN4O5. The Hall–Kier alpha value is -3.43. The summed E-state index contributed by atoms with van der Waals surface area (Å²) in [5.74, 6) is -2.17.